The molecule has 0 unspecified atom stereocenters. The second-order valence-electron chi connectivity index (χ2n) is 4.66. The van der Waals surface area contributed by atoms with Crippen LogP contribution >= 0.6 is 0 Å². The van der Waals surface area contributed by atoms with Crippen LogP contribution in [0.15, 0.2) is 22.7 Å². The lowest BCUT2D eigenvalue weighted by Crippen LogP contribution is -2.02. The lowest BCUT2D eigenvalue weighted by atomic mass is 10.2. The molecule has 2 aromatic rings. The summed E-state index contributed by atoms with van der Waals surface area (Å²) in [6, 6.07) is 4.37. The fraction of sp³-hybridized carbons (Fsp3) is 0.357. The number of carboxylic acid groups (broad SMARTS) is 1. The molecule has 0 bridgehead atoms. The lowest BCUT2D eigenvalue weighted by Gasteiger charge is -2.09. The average molecular weight is 292 g/mol. The van der Waals surface area contributed by atoms with E-state index < -0.39 is 5.97 Å². The molecular weight excluding hydrogens is 276 g/mol. The summed E-state index contributed by atoms with van der Waals surface area (Å²) in [5, 5.41) is 12.8. The van der Waals surface area contributed by atoms with Gasteiger partial charge in [-0.3, -0.25) is 0 Å². The normalized spacial score (nSPS) is 10.7. The van der Waals surface area contributed by atoms with Crippen LogP contribution in [0.5, 0.6) is 11.5 Å². The molecule has 1 N–H and O–H groups in total. The van der Waals surface area contributed by atoms with Gasteiger partial charge in [0.15, 0.2) is 18.1 Å². The quantitative estimate of drug-likeness (QED) is 0.873. The summed E-state index contributed by atoms with van der Waals surface area (Å²) in [5.41, 5.74) is 0.113. The highest BCUT2D eigenvalue weighted by molar-refractivity contribution is 5.88. The molecule has 0 fully saturated rings. The van der Waals surface area contributed by atoms with Gasteiger partial charge in [0, 0.05) is 5.92 Å². The Morgan fingerprint density at radius 3 is 2.71 bits per heavy atom. The molecule has 21 heavy (non-hydrogen) atoms. The SMILES string of the molecule is COc1ccc(C(=O)O)cc1OCc1noc(C(C)C)n1. The van der Waals surface area contributed by atoms with Crippen molar-refractivity contribution in [3.8, 4) is 11.5 Å². The van der Waals surface area contributed by atoms with E-state index in [-0.39, 0.29) is 18.1 Å². The van der Waals surface area contributed by atoms with Gasteiger partial charge in [0.05, 0.1) is 12.7 Å². The number of aromatic carboxylic acids is 1. The number of ether oxygens (including phenoxy) is 2. The number of carbonyl (C=O) groups is 1. The van der Waals surface area contributed by atoms with Gasteiger partial charge in [0.2, 0.25) is 11.7 Å². The third-order valence-electron chi connectivity index (χ3n) is 2.75. The van der Waals surface area contributed by atoms with Crippen molar-refractivity contribution >= 4 is 5.97 Å². The molecule has 1 heterocycles. The predicted molar refractivity (Wildman–Crippen MR) is 72.7 cm³/mol. The zero-order valence-corrected chi connectivity index (χ0v) is 12.0. The van der Waals surface area contributed by atoms with Crippen LogP contribution in [-0.2, 0) is 6.61 Å². The summed E-state index contributed by atoms with van der Waals surface area (Å²) < 4.78 is 15.7. The van der Waals surface area contributed by atoms with Gasteiger partial charge in [-0.25, -0.2) is 4.79 Å². The summed E-state index contributed by atoms with van der Waals surface area (Å²) in [4.78, 5) is 15.1. The van der Waals surface area contributed by atoms with E-state index in [2.05, 4.69) is 10.1 Å². The van der Waals surface area contributed by atoms with E-state index >= 15 is 0 Å². The van der Waals surface area contributed by atoms with Gasteiger partial charge >= 0.3 is 5.97 Å². The molecule has 0 aliphatic carbocycles. The van der Waals surface area contributed by atoms with Crippen molar-refractivity contribution in [2.24, 2.45) is 0 Å². The number of aromatic nitrogens is 2. The van der Waals surface area contributed by atoms with Crippen molar-refractivity contribution in [3.63, 3.8) is 0 Å². The highest BCUT2D eigenvalue weighted by Crippen LogP contribution is 2.28. The van der Waals surface area contributed by atoms with Gasteiger partial charge in [-0.05, 0) is 18.2 Å². The number of methoxy groups -OCH3 is 1. The van der Waals surface area contributed by atoms with Gasteiger partial charge in [0.1, 0.15) is 0 Å². The third kappa shape index (κ3) is 3.50. The Morgan fingerprint density at radius 1 is 1.38 bits per heavy atom. The monoisotopic (exact) mass is 292 g/mol. The highest BCUT2D eigenvalue weighted by atomic mass is 16.5. The van der Waals surface area contributed by atoms with E-state index in [1.54, 1.807) is 0 Å². The van der Waals surface area contributed by atoms with Crippen molar-refractivity contribution in [1.29, 1.82) is 0 Å². The molecule has 1 aromatic carbocycles. The Balaban J connectivity index is 2.14. The fourth-order valence-corrected chi connectivity index (χ4v) is 1.63. The molecule has 0 spiro atoms. The summed E-state index contributed by atoms with van der Waals surface area (Å²) in [5.74, 6) is 0.766. The molecule has 0 amide bonds. The van der Waals surface area contributed by atoms with E-state index in [9.17, 15) is 4.79 Å². The number of nitrogens with zero attached hydrogens (tertiary/aromatic N) is 2. The van der Waals surface area contributed by atoms with Crippen LogP contribution in [0.4, 0.5) is 0 Å². The summed E-state index contributed by atoms with van der Waals surface area (Å²) in [6.07, 6.45) is 0. The van der Waals surface area contributed by atoms with Crippen LogP contribution in [0.3, 0.4) is 0 Å². The second-order valence-corrected chi connectivity index (χ2v) is 4.66. The Bertz CT molecular complexity index is 636. The maximum Gasteiger partial charge on any atom is 0.335 e. The number of rotatable bonds is 6. The lowest BCUT2D eigenvalue weighted by molar-refractivity contribution is 0.0696. The zero-order valence-electron chi connectivity index (χ0n) is 12.0. The zero-order chi connectivity index (χ0) is 15.4. The van der Waals surface area contributed by atoms with E-state index in [0.29, 0.717) is 23.2 Å². The smallest absolute Gasteiger partial charge is 0.335 e. The van der Waals surface area contributed by atoms with E-state index in [4.69, 9.17) is 19.1 Å². The minimum atomic E-state index is -1.04. The molecule has 7 nitrogen and oxygen atoms in total. The topological polar surface area (TPSA) is 94.7 Å². The van der Waals surface area contributed by atoms with Crippen molar-refractivity contribution in [3.05, 3.63) is 35.5 Å². The van der Waals surface area contributed by atoms with Crippen LogP contribution in [0.25, 0.3) is 0 Å². The van der Waals surface area contributed by atoms with Crippen molar-refractivity contribution in [2.45, 2.75) is 26.4 Å². The van der Waals surface area contributed by atoms with Crippen LogP contribution in [-0.4, -0.2) is 28.3 Å². The van der Waals surface area contributed by atoms with Crippen LogP contribution in [0.2, 0.25) is 0 Å². The van der Waals surface area contributed by atoms with Crippen LogP contribution in [0.1, 0.15) is 41.8 Å². The number of hydrogen-bond donors (Lipinski definition) is 1. The molecule has 0 saturated heterocycles. The molecule has 0 atom stereocenters. The first-order valence-corrected chi connectivity index (χ1v) is 6.38. The first-order chi connectivity index (χ1) is 10.0. The first-order valence-electron chi connectivity index (χ1n) is 6.38. The molecule has 0 saturated carbocycles. The number of benzene rings is 1. The maximum absolute atomic E-state index is 11.0. The highest BCUT2D eigenvalue weighted by Gasteiger charge is 2.13. The molecule has 1 aromatic heterocycles. The predicted octanol–water partition coefficient (Wildman–Crippen LogP) is 2.48. The molecule has 112 valence electrons. The Hall–Kier alpha value is -2.57. The largest absolute Gasteiger partial charge is 0.493 e. The van der Waals surface area contributed by atoms with Gasteiger partial charge in [0.25, 0.3) is 0 Å². The Labute approximate surface area is 121 Å². The summed E-state index contributed by atoms with van der Waals surface area (Å²) >= 11 is 0. The van der Waals surface area contributed by atoms with E-state index in [1.807, 2.05) is 13.8 Å². The molecule has 7 heteroatoms. The summed E-state index contributed by atoms with van der Waals surface area (Å²) in [6.45, 7) is 3.95. The van der Waals surface area contributed by atoms with E-state index in [1.165, 1.54) is 25.3 Å². The average Bonchev–Trinajstić information content (AvgIpc) is 2.93. The molecule has 0 aliphatic rings. The maximum atomic E-state index is 11.0. The fourth-order valence-electron chi connectivity index (χ4n) is 1.63. The minimum Gasteiger partial charge on any atom is -0.493 e. The van der Waals surface area contributed by atoms with Crippen LogP contribution in [0, 0.1) is 0 Å². The molecule has 0 radical (unpaired) electrons. The van der Waals surface area contributed by atoms with Gasteiger partial charge in [-0.2, -0.15) is 4.98 Å². The Morgan fingerprint density at radius 2 is 2.14 bits per heavy atom. The first kappa shape index (κ1) is 14.8. The number of carboxylic acids is 1. The van der Waals surface area contributed by atoms with Crippen molar-refractivity contribution in [1.82, 2.24) is 10.1 Å². The minimum absolute atomic E-state index is 0.0651. The van der Waals surface area contributed by atoms with Gasteiger partial charge in [-0.1, -0.05) is 19.0 Å². The second kappa shape index (κ2) is 6.25. The molecular formula is C14H16N2O5. The molecule has 0 aliphatic heterocycles. The summed E-state index contributed by atoms with van der Waals surface area (Å²) in [7, 11) is 1.48. The molecule has 2 rings (SSSR count). The standard InChI is InChI=1S/C14H16N2O5/c1-8(2)13-15-12(16-21-13)7-20-11-6-9(14(17)18)4-5-10(11)19-3/h4-6,8H,7H2,1-3H3,(H,17,18). The van der Waals surface area contributed by atoms with Gasteiger partial charge < -0.3 is 19.1 Å². The third-order valence-corrected chi connectivity index (χ3v) is 2.75. The van der Waals surface area contributed by atoms with E-state index in [0.717, 1.165) is 0 Å². The van der Waals surface area contributed by atoms with Crippen LogP contribution < -0.4 is 9.47 Å². The van der Waals surface area contributed by atoms with Crippen molar-refractivity contribution < 1.29 is 23.9 Å². The van der Waals surface area contributed by atoms with Crippen molar-refractivity contribution in [2.75, 3.05) is 7.11 Å². The number of hydrogen-bond acceptors (Lipinski definition) is 6. The van der Waals surface area contributed by atoms with Gasteiger partial charge in [-0.15, -0.1) is 0 Å². The Kier molecular flexibility index (Phi) is 4.42.